The highest BCUT2D eigenvalue weighted by atomic mass is 19.4. The second-order valence-corrected chi connectivity index (χ2v) is 6.96. The Morgan fingerprint density at radius 3 is 2.47 bits per heavy atom. The third-order valence-corrected chi connectivity index (χ3v) is 4.73. The highest BCUT2D eigenvalue weighted by Crippen LogP contribution is 2.36. The second-order valence-electron chi connectivity index (χ2n) is 6.96. The summed E-state index contributed by atoms with van der Waals surface area (Å²) < 4.78 is 40.8. The van der Waals surface area contributed by atoms with Crippen LogP contribution in [0.3, 0.4) is 0 Å². The summed E-state index contributed by atoms with van der Waals surface area (Å²) in [6.07, 6.45) is -0.492. The lowest BCUT2D eigenvalue weighted by Crippen LogP contribution is -2.18. The Morgan fingerprint density at radius 1 is 1.09 bits per heavy atom. The first-order chi connectivity index (χ1) is 15.2. The minimum Gasteiger partial charge on any atom is -0.398 e. The van der Waals surface area contributed by atoms with Gasteiger partial charge < -0.3 is 11.1 Å². The van der Waals surface area contributed by atoms with Gasteiger partial charge in [0, 0.05) is 41.8 Å². The van der Waals surface area contributed by atoms with Crippen LogP contribution in [0.5, 0.6) is 0 Å². The lowest BCUT2D eigenvalue weighted by atomic mass is 9.96. The van der Waals surface area contributed by atoms with Gasteiger partial charge in [-0.15, -0.1) is 0 Å². The van der Waals surface area contributed by atoms with E-state index < -0.39 is 17.6 Å². The number of amides is 1. The summed E-state index contributed by atoms with van der Waals surface area (Å²) in [6, 6.07) is 14.7. The van der Waals surface area contributed by atoms with Crippen molar-refractivity contribution in [1.82, 2.24) is 4.98 Å². The molecule has 3 N–H and O–H groups in total. The Labute approximate surface area is 183 Å². The second kappa shape index (κ2) is 9.47. The number of aromatic nitrogens is 1. The molecular formula is C24H21F3N4O. The average molecular weight is 438 g/mol. The summed E-state index contributed by atoms with van der Waals surface area (Å²) in [4.78, 5) is 21.1. The highest BCUT2D eigenvalue weighted by Gasteiger charge is 2.35. The van der Waals surface area contributed by atoms with Crippen molar-refractivity contribution in [2.75, 3.05) is 12.4 Å². The number of benzene rings is 2. The number of nitrogens with zero attached hydrogens (tertiary/aromatic N) is 2. The number of carbonyl (C=O) groups excluding carboxylic acids is 1. The zero-order valence-electron chi connectivity index (χ0n) is 17.4. The molecule has 2 aromatic carbocycles. The lowest BCUT2D eigenvalue weighted by molar-refractivity contribution is -0.137. The average Bonchev–Trinajstić information content (AvgIpc) is 2.77. The highest BCUT2D eigenvalue weighted by molar-refractivity contribution is 6.07. The molecular weight excluding hydrogens is 417 g/mol. The molecule has 1 heterocycles. The normalized spacial score (nSPS) is 12.2. The van der Waals surface area contributed by atoms with Crippen LogP contribution in [-0.2, 0) is 6.18 Å². The smallest absolute Gasteiger partial charge is 0.398 e. The number of aryl methyl sites for hydroxylation is 1. The molecule has 3 aromatic rings. The Balaban J connectivity index is 2.05. The summed E-state index contributed by atoms with van der Waals surface area (Å²) in [5.74, 6) is -0.570. The number of carbonyl (C=O) groups is 1. The Morgan fingerprint density at radius 2 is 1.81 bits per heavy atom. The number of alkyl halides is 3. The molecule has 8 heteroatoms. The zero-order chi connectivity index (χ0) is 23.3. The van der Waals surface area contributed by atoms with Crippen molar-refractivity contribution in [2.45, 2.75) is 13.1 Å². The maximum absolute atomic E-state index is 13.6. The molecule has 0 unspecified atom stereocenters. The fourth-order valence-corrected chi connectivity index (χ4v) is 3.19. The predicted molar refractivity (Wildman–Crippen MR) is 120 cm³/mol. The molecule has 0 radical (unpaired) electrons. The number of nitrogens with two attached hydrogens (primary N) is 1. The number of allylic oxidation sites excluding steroid dienone is 1. The summed E-state index contributed by atoms with van der Waals surface area (Å²) >= 11 is 0. The minimum absolute atomic E-state index is 0.0700. The minimum atomic E-state index is -4.64. The van der Waals surface area contributed by atoms with E-state index in [1.54, 1.807) is 18.3 Å². The van der Waals surface area contributed by atoms with Gasteiger partial charge in [-0.1, -0.05) is 30.3 Å². The van der Waals surface area contributed by atoms with Crippen LogP contribution in [-0.4, -0.2) is 24.2 Å². The van der Waals surface area contributed by atoms with Crippen molar-refractivity contribution >= 4 is 23.5 Å². The van der Waals surface area contributed by atoms with Gasteiger partial charge in [-0.3, -0.25) is 14.8 Å². The van der Waals surface area contributed by atoms with Gasteiger partial charge in [-0.25, -0.2) is 0 Å². The number of pyridine rings is 1. The molecule has 0 aliphatic rings. The van der Waals surface area contributed by atoms with E-state index >= 15 is 0 Å². The summed E-state index contributed by atoms with van der Waals surface area (Å²) in [5, 5.41) is 2.76. The van der Waals surface area contributed by atoms with E-state index in [4.69, 9.17) is 5.73 Å². The lowest BCUT2D eigenvalue weighted by Gasteiger charge is -2.17. The van der Waals surface area contributed by atoms with Crippen molar-refractivity contribution in [2.24, 2.45) is 10.7 Å². The molecule has 5 nitrogen and oxygen atoms in total. The molecule has 1 aromatic heterocycles. The molecule has 1 amide bonds. The molecule has 0 spiro atoms. The number of rotatable bonds is 5. The third kappa shape index (κ3) is 5.03. The molecule has 0 fully saturated rings. The SMILES string of the molecule is CN=CC=C(N)c1cc(C(=O)Nc2cccnc2-c2ccccc2)c(C)cc1C(F)(F)F. The zero-order valence-corrected chi connectivity index (χ0v) is 17.4. The van der Waals surface area contributed by atoms with Crippen LogP contribution < -0.4 is 11.1 Å². The fraction of sp³-hybridized carbons (Fsp3) is 0.125. The Bertz CT molecular complexity index is 1190. The van der Waals surface area contributed by atoms with E-state index in [2.05, 4.69) is 15.3 Å². The quantitative estimate of drug-likeness (QED) is 0.529. The summed E-state index contributed by atoms with van der Waals surface area (Å²) in [7, 11) is 1.47. The van der Waals surface area contributed by atoms with E-state index in [1.165, 1.54) is 26.3 Å². The van der Waals surface area contributed by atoms with Crippen LogP contribution >= 0.6 is 0 Å². The number of aliphatic imine (C=N–C) groups is 1. The first kappa shape index (κ1) is 22.7. The van der Waals surface area contributed by atoms with Crippen molar-refractivity contribution in [1.29, 1.82) is 0 Å². The van der Waals surface area contributed by atoms with Crippen LogP contribution in [0.2, 0.25) is 0 Å². The van der Waals surface area contributed by atoms with Gasteiger partial charge in [0.2, 0.25) is 0 Å². The molecule has 0 saturated carbocycles. The maximum atomic E-state index is 13.6. The molecule has 32 heavy (non-hydrogen) atoms. The van der Waals surface area contributed by atoms with Crippen molar-refractivity contribution in [3.63, 3.8) is 0 Å². The van der Waals surface area contributed by atoms with Gasteiger partial charge >= 0.3 is 6.18 Å². The molecule has 0 bridgehead atoms. The van der Waals surface area contributed by atoms with Crippen LogP contribution in [0.1, 0.15) is 27.0 Å². The maximum Gasteiger partial charge on any atom is 0.417 e. The van der Waals surface area contributed by atoms with Crippen LogP contribution in [0.15, 0.2) is 71.9 Å². The Hall–Kier alpha value is -3.94. The largest absolute Gasteiger partial charge is 0.417 e. The fourth-order valence-electron chi connectivity index (χ4n) is 3.19. The molecule has 0 aliphatic carbocycles. The van der Waals surface area contributed by atoms with Crippen molar-refractivity contribution < 1.29 is 18.0 Å². The van der Waals surface area contributed by atoms with E-state index in [0.717, 1.165) is 17.7 Å². The number of anilines is 1. The molecule has 0 aliphatic heterocycles. The topological polar surface area (TPSA) is 80.4 Å². The first-order valence-electron chi connectivity index (χ1n) is 9.64. The van der Waals surface area contributed by atoms with E-state index in [1.807, 2.05) is 30.3 Å². The molecule has 0 saturated heterocycles. The van der Waals surface area contributed by atoms with Crippen molar-refractivity contribution in [3.05, 3.63) is 89.1 Å². The van der Waals surface area contributed by atoms with E-state index in [0.29, 0.717) is 11.4 Å². The van der Waals surface area contributed by atoms with Gasteiger partial charge in [-0.05, 0) is 42.8 Å². The number of nitrogens with one attached hydrogen (secondary N) is 1. The van der Waals surface area contributed by atoms with Gasteiger partial charge in [-0.2, -0.15) is 13.2 Å². The van der Waals surface area contributed by atoms with Gasteiger partial charge in [0.05, 0.1) is 16.9 Å². The van der Waals surface area contributed by atoms with E-state index in [9.17, 15) is 18.0 Å². The summed E-state index contributed by atoms with van der Waals surface area (Å²) in [6.45, 7) is 1.45. The van der Waals surface area contributed by atoms with Gasteiger partial charge in [0.1, 0.15) is 0 Å². The van der Waals surface area contributed by atoms with Crippen LogP contribution in [0, 0.1) is 6.92 Å². The summed E-state index contributed by atoms with van der Waals surface area (Å²) in [5.41, 5.74) is 6.53. The standard InChI is InChI=1S/C24H21F3N4O/c1-15-13-19(24(25,26)27)18(20(28)10-12-29-2)14-17(15)23(32)31-21-9-6-11-30-22(21)16-7-4-3-5-8-16/h3-14H,28H2,1-2H3,(H,31,32). The first-order valence-corrected chi connectivity index (χ1v) is 9.64. The Kier molecular flexibility index (Phi) is 6.73. The molecule has 0 atom stereocenters. The van der Waals surface area contributed by atoms with Crippen LogP contribution in [0.4, 0.5) is 18.9 Å². The molecule has 3 rings (SSSR count). The number of hydrogen-bond donors (Lipinski definition) is 2. The van der Waals surface area contributed by atoms with Crippen molar-refractivity contribution in [3.8, 4) is 11.3 Å². The number of hydrogen-bond acceptors (Lipinski definition) is 4. The molecule has 164 valence electrons. The predicted octanol–water partition coefficient (Wildman–Crippen LogP) is 5.33. The van der Waals surface area contributed by atoms with E-state index in [-0.39, 0.29) is 22.4 Å². The van der Waals surface area contributed by atoms with Crippen LogP contribution in [0.25, 0.3) is 17.0 Å². The monoisotopic (exact) mass is 438 g/mol. The van der Waals surface area contributed by atoms with Gasteiger partial charge in [0.15, 0.2) is 0 Å². The third-order valence-electron chi connectivity index (χ3n) is 4.73. The van der Waals surface area contributed by atoms with Gasteiger partial charge in [0.25, 0.3) is 5.91 Å². The number of halogens is 3.